The number of ether oxygens (including phenoxy) is 2. The molecule has 3 atom stereocenters. The van der Waals surface area contributed by atoms with E-state index in [2.05, 4.69) is 97.4 Å². The van der Waals surface area contributed by atoms with Crippen molar-refractivity contribution in [3.05, 3.63) is 97.2 Å². The van der Waals surface area contributed by atoms with E-state index in [1.54, 1.807) is 0 Å². The van der Waals surface area contributed by atoms with Gasteiger partial charge in [-0.05, 0) is 83.5 Å². The summed E-state index contributed by atoms with van der Waals surface area (Å²) in [7, 11) is -4.75. The molecule has 0 aromatic heterocycles. The quantitative estimate of drug-likeness (QED) is 0.0234. The molecule has 0 bridgehead atoms. The predicted molar refractivity (Wildman–Crippen MR) is 235 cm³/mol. The van der Waals surface area contributed by atoms with Gasteiger partial charge in [0.2, 0.25) is 0 Å². The van der Waals surface area contributed by atoms with Gasteiger partial charge in [-0.25, -0.2) is 4.57 Å². The van der Waals surface area contributed by atoms with Gasteiger partial charge in [0.1, 0.15) is 12.6 Å². The number of unbranched alkanes of at least 4 members (excludes halogenated alkanes) is 8. The Morgan fingerprint density at radius 3 is 1.52 bits per heavy atom. The number of aliphatic carboxylic acids is 1. The molecule has 0 radical (unpaired) electrons. The summed E-state index contributed by atoms with van der Waals surface area (Å²) in [5.74, 6) is -2.52. The minimum absolute atomic E-state index is 0.0271. The van der Waals surface area contributed by atoms with E-state index in [0.717, 1.165) is 77.0 Å². The van der Waals surface area contributed by atoms with Crippen LogP contribution >= 0.6 is 7.82 Å². The van der Waals surface area contributed by atoms with Crippen molar-refractivity contribution in [3.63, 3.8) is 0 Å². The minimum Gasteiger partial charge on any atom is -0.480 e. The Labute approximate surface area is 349 Å². The molecule has 0 saturated heterocycles. The summed E-state index contributed by atoms with van der Waals surface area (Å²) in [6, 6.07) is -1.54. The molecule has 328 valence electrons. The number of esters is 2. The number of allylic oxidation sites excluding steroid dienone is 16. The van der Waals surface area contributed by atoms with Gasteiger partial charge in [0, 0.05) is 12.8 Å². The molecule has 1 unspecified atom stereocenters. The smallest absolute Gasteiger partial charge is 0.472 e. The fourth-order valence-corrected chi connectivity index (χ4v) is 5.78. The van der Waals surface area contributed by atoms with E-state index in [-0.39, 0.29) is 19.4 Å². The van der Waals surface area contributed by atoms with Crippen LogP contribution in [0.15, 0.2) is 97.2 Å². The average molecular weight is 832 g/mol. The minimum atomic E-state index is -4.75. The summed E-state index contributed by atoms with van der Waals surface area (Å²) in [6.07, 6.45) is 50.6. The second-order valence-corrected chi connectivity index (χ2v) is 15.2. The molecule has 0 aromatic rings. The summed E-state index contributed by atoms with van der Waals surface area (Å²) < 4.78 is 32.6. The van der Waals surface area contributed by atoms with Gasteiger partial charge < -0.3 is 25.2 Å². The molecule has 0 aliphatic rings. The third kappa shape index (κ3) is 39.2. The number of rotatable bonds is 38. The lowest BCUT2D eigenvalue weighted by molar-refractivity contribution is -0.161. The van der Waals surface area contributed by atoms with Crippen molar-refractivity contribution in [1.29, 1.82) is 0 Å². The van der Waals surface area contributed by atoms with Crippen LogP contribution in [0, 0.1) is 0 Å². The van der Waals surface area contributed by atoms with E-state index < -0.39 is 51.1 Å². The van der Waals surface area contributed by atoms with Crippen LogP contribution in [0.1, 0.15) is 142 Å². The van der Waals surface area contributed by atoms with Crippen LogP contribution in [0.25, 0.3) is 0 Å². The van der Waals surface area contributed by atoms with Crippen LogP contribution in [0.3, 0.4) is 0 Å². The van der Waals surface area contributed by atoms with Gasteiger partial charge in [-0.15, -0.1) is 0 Å². The SMILES string of the molecule is CCC=CCC=CCC=CCC=CCC=CCC=CCCC(=O)O[C@H](COC(=O)CCCCCCCC=CCC=CCCCCC)COP(=O)(O)OC[C@H](N)C(=O)O. The van der Waals surface area contributed by atoms with Gasteiger partial charge >= 0.3 is 25.7 Å². The Morgan fingerprint density at radius 2 is 1.00 bits per heavy atom. The van der Waals surface area contributed by atoms with Gasteiger partial charge in [0.25, 0.3) is 0 Å². The molecule has 11 nitrogen and oxygen atoms in total. The maximum Gasteiger partial charge on any atom is 0.472 e. The third-order valence-electron chi connectivity index (χ3n) is 8.33. The first-order chi connectivity index (χ1) is 28.1. The normalized spacial score (nSPS) is 14.7. The standard InChI is InChI=1S/C46H74NO10P/c1-3-5-7-9-11-13-15-17-19-20-21-22-24-26-28-30-32-34-36-38-45(49)57-42(40-55-58(52,53)56-41-43(47)46(50)51)39-54-44(48)37-35-33-31-29-27-25-23-18-16-14-12-10-8-6-4-2/h5,7,11-14,17-19,21-23,26,28,32,34,42-43H,3-4,6,8-10,15-16,20,24-25,27,29-31,33,35-41,47H2,1-2H3,(H,50,51)(H,52,53)/t42-,43+/m1/s1. The van der Waals surface area contributed by atoms with Crippen molar-refractivity contribution < 1.29 is 47.5 Å². The largest absolute Gasteiger partial charge is 0.480 e. The lowest BCUT2D eigenvalue weighted by atomic mass is 10.1. The lowest BCUT2D eigenvalue weighted by Gasteiger charge is -2.20. The van der Waals surface area contributed by atoms with Crippen molar-refractivity contribution >= 4 is 25.7 Å². The van der Waals surface area contributed by atoms with Crippen LogP contribution in [0.5, 0.6) is 0 Å². The maximum absolute atomic E-state index is 12.6. The summed E-state index contributed by atoms with van der Waals surface area (Å²) in [5.41, 5.74) is 5.32. The van der Waals surface area contributed by atoms with Crippen molar-refractivity contribution in [2.24, 2.45) is 5.73 Å². The summed E-state index contributed by atoms with van der Waals surface area (Å²) in [6.45, 7) is 2.55. The number of carbonyl (C=O) groups excluding carboxylic acids is 2. The van der Waals surface area contributed by atoms with E-state index in [0.29, 0.717) is 19.3 Å². The van der Waals surface area contributed by atoms with E-state index in [1.165, 1.54) is 19.3 Å². The first kappa shape index (κ1) is 54.4. The highest BCUT2D eigenvalue weighted by molar-refractivity contribution is 7.47. The second-order valence-electron chi connectivity index (χ2n) is 13.7. The van der Waals surface area contributed by atoms with Crippen molar-refractivity contribution in [2.45, 2.75) is 154 Å². The Bertz CT molecular complexity index is 1350. The molecule has 0 aromatic carbocycles. The first-order valence-corrected chi connectivity index (χ1v) is 22.8. The van der Waals surface area contributed by atoms with E-state index in [4.69, 9.17) is 24.8 Å². The highest BCUT2D eigenvalue weighted by atomic mass is 31.2. The molecule has 0 rings (SSSR count). The Kier molecular flexibility index (Phi) is 37.7. The highest BCUT2D eigenvalue weighted by Gasteiger charge is 2.28. The van der Waals surface area contributed by atoms with E-state index in [1.807, 2.05) is 18.2 Å². The molecule has 0 aliphatic heterocycles. The van der Waals surface area contributed by atoms with Crippen LogP contribution in [0.4, 0.5) is 0 Å². The fraction of sp³-hybridized carbons (Fsp3) is 0.587. The third-order valence-corrected chi connectivity index (χ3v) is 9.28. The van der Waals surface area contributed by atoms with Gasteiger partial charge in [-0.3, -0.25) is 23.4 Å². The van der Waals surface area contributed by atoms with Crippen LogP contribution in [0.2, 0.25) is 0 Å². The topological polar surface area (TPSA) is 172 Å². The van der Waals surface area contributed by atoms with E-state index >= 15 is 0 Å². The zero-order chi connectivity index (χ0) is 42.8. The summed E-state index contributed by atoms with van der Waals surface area (Å²) >= 11 is 0. The Morgan fingerprint density at radius 1 is 0.552 bits per heavy atom. The van der Waals surface area contributed by atoms with Gasteiger partial charge in [-0.2, -0.15) is 0 Å². The van der Waals surface area contributed by atoms with Gasteiger partial charge in [0.05, 0.1) is 13.2 Å². The highest BCUT2D eigenvalue weighted by Crippen LogP contribution is 2.43. The molecule has 0 amide bonds. The van der Waals surface area contributed by atoms with E-state index in [9.17, 15) is 23.8 Å². The monoisotopic (exact) mass is 832 g/mol. The number of phosphoric ester groups is 1. The number of hydrogen-bond acceptors (Lipinski definition) is 9. The number of phosphoric acid groups is 1. The van der Waals surface area contributed by atoms with Crippen LogP contribution in [-0.2, 0) is 37.5 Å². The molecule has 0 heterocycles. The number of carboxylic acids is 1. The Hall–Kier alpha value is -3.60. The number of hydrogen-bond donors (Lipinski definition) is 3. The fourth-order valence-electron chi connectivity index (χ4n) is 5.00. The summed E-state index contributed by atoms with van der Waals surface area (Å²) in [4.78, 5) is 45.9. The lowest BCUT2D eigenvalue weighted by Crippen LogP contribution is -2.34. The molecule has 4 N–H and O–H groups in total. The molecule has 0 spiro atoms. The Balaban J connectivity index is 4.56. The van der Waals surface area contributed by atoms with Crippen molar-refractivity contribution in [3.8, 4) is 0 Å². The number of carboxylic acid groups (broad SMARTS) is 1. The predicted octanol–water partition coefficient (Wildman–Crippen LogP) is 11.3. The first-order valence-electron chi connectivity index (χ1n) is 21.3. The number of nitrogens with two attached hydrogens (primary N) is 1. The molecular weight excluding hydrogens is 757 g/mol. The zero-order valence-corrected chi connectivity index (χ0v) is 36.2. The average Bonchev–Trinajstić information content (AvgIpc) is 3.20. The molecule has 0 fully saturated rings. The molecule has 0 aliphatic carbocycles. The molecular formula is C46H74NO10P. The van der Waals surface area contributed by atoms with Crippen LogP contribution in [-0.4, -0.2) is 59.9 Å². The van der Waals surface area contributed by atoms with Gasteiger partial charge in [0.15, 0.2) is 6.10 Å². The molecule has 0 saturated carbocycles. The van der Waals surface area contributed by atoms with Crippen molar-refractivity contribution in [1.82, 2.24) is 0 Å². The zero-order valence-electron chi connectivity index (χ0n) is 35.3. The molecule has 58 heavy (non-hydrogen) atoms. The second kappa shape index (κ2) is 40.2. The number of carbonyl (C=O) groups is 3. The maximum atomic E-state index is 12.6. The summed E-state index contributed by atoms with van der Waals surface area (Å²) in [5, 5.41) is 8.88. The van der Waals surface area contributed by atoms with Gasteiger partial charge in [-0.1, -0.05) is 143 Å². The van der Waals surface area contributed by atoms with Crippen LogP contribution < -0.4 is 5.73 Å². The van der Waals surface area contributed by atoms with Crippen molar-refractivity contribution in [2.75, 3.05) is 19.8 Å². The molecule has 12 heteroatoms.